The van der Waals surface area contributed by atoms with E-state index < -0.39 is 23.6 Å². The van der Waals surface area contributed by atoms with Crippen LogP contribution in [0.3, 0.4) is 0 Å². The van der Waals surface area contributed by atoms with Crippen LogP contribution in [0.25, 0.3) is 10.9 Å². The van der Waals surface area contributed by atoms with Crippen molar-refractivity contribution < 1.29 is 19.5 Å². The molecule has 0 saturated carbocycles. The van der Waals surface area contributed by atoms with Crippen molar-refractivity contribution in [2.45, 2.75) is 24.9 Å². The highest BCUT2D eigenvalue weighted by Crippen LogP contribution is 2.23. The molecule has 0 saturated heterocycles. The highest BCUT2D eigenvalue weighted by atomic mass is 16.4. The summed E-state index contributed by atoms with van der Waals surface area (Å²) in [6.45, 7) is 1.66. The second kappa shape index (κ2) is 9.13. The van der Waals surface area contributed by atoms with Crippen LogP contribution in [0, 0.1) is 0 Å². The molecule has 156 valence electrons. The maximum absolute atomic E-state index is 13.0. The van der Waals surface area contributed by atoms with E-state index in [1.54, 1.807) is 13.1 Å². The third-order valence-corrected chi connectivity index (χ3v) is 5.04. The van der Waals surface area contributed by atoms with Gasteiger partial charge in [-0.25, -0.2) is 4.79 Å². The van der Waals surface area contributed by atoms with Crippen LogP contribution in [0.5, 0.6) is 0 Å². The highest BCUT2D eigenvalue weighted by molar-refractivity contribution is 5.91. The Kier molecular flexibility index (Phi) is 6.36. The number of hydrogen-bond donors (Lipinski definition) is 5. The van der Waals surface area contributed by atoms with Crippen LogP contribution in [0.2, 0.25) is 0 Å². The Morgan fingerprint density at radius 2 is 1.83 bits per heavy atom. The average Bonchev–Trinajstić information content (AvgIpc) is 3.13. The summed E-state index contributed by atoms with van der Waals surface area (Å²) in [5.41, 5.74) is 1.15. The molecule has 0 spiro atoms. The molecule has 2 aromatic carbocycles. The Morgan fingerprint density at radius 3 is 2.53 bits per heavy atom. The number of aromatic nitrogens is 1. The van der Waals surface area contributed by atoms with Crippen molar-refractivity contribution in [2.24, 2.45) is 0 Å². The van der Waals surface area contributed by atoms with Gasteiger partial charge in [-0.05, 0) is 24.1 Å². The summed E-state index contributed by atoms with van der Waals surface area (Å²) in [7, 11) is 0. The minimum Gasteiger partial charge on any atom is -0.465 e. The Bertz CT molecular complexity index is 1030. The van der Waals surface area contributed by atoms with Crippen LogP contribution in [0.15, 0.2) is 60.8 Å². The van der Waals surface area contributed by atoms with Gasteiger partial charge in [-0.1, -0.05) is 48.5 Å². The summed E-state index contributed by atoms with van der Waals surface area (Å²) >= 11 is 0. The summed E-state index contributed by atoms with van der Waals surface area (Å²) in [6, 6.07) is 16.4. The van der Waals surface area contributed by atoms with Crippen LogP contribution in [-0.2, 0) is 16.0 Å². The maximum atomic E-state index is 13.0. The molecular weight excluding hydrogens is 384 g/mol. The fourth-order valence-corrected chi connectivity index (χ4v) is 3.51. The molecule has 3 rings (SSSR count). The van der Waals surface area contributed by atoms with Gasteiger partial charge in [0, 0.05) is 30.1 Å². The Hall–Kier alpha value is -3.81. The molecule has 8 heteroatoms. The quantitative estimate of drug-likeness (QED) is 0.349. The molecule has 0 bridgehead atoms. The molecule has 0 radical (unpaired) electrons. The van der Waals surface area contributed by atoms with E-state index >= 15 is 0 Å². The molecule has 0 fully saturated rings. The van der Waals surface area contributed by atoms with Crippen molar-refractivity contribution in [1.82, 2.24) is 20.9 Å². The number of H-pyrrole nitrogens is 1. The number of amides is 3. The molecule has 0 aliphatic rings. The van der Waals surface area contributed by atoms with Gasteiger partial charge in [-0.15, -0.1) is 0 Å². The van der Waals surface area contributed by atoms with Gasteiger partial charge in [0.25, 0.3) is 0 Å². The van der Waals surface area contributed by atoms with E-state index in [0.717, 1.165) is 22.0 Å². The number of carboxylic acid groups (broad SMARTS) is 1. The minimum atomic E-state index is -1.40. The van der Waals surface area contributed by atoms with Gasteiger partial charge in [0.15, 0.2) is 0 Å². The zero-order valence-electron chi connectivity index (χ0n) is 16.5. The summed E-state index contributed by atoms with van der Waals surface area (Å²) in [4.78, 5) is 38.6. The van der Waals surface area contributed by atoms with Crippen molar-refractivity contribution in [3.63, 3.8) is 0 Å². The molecule has 1 aromatic heterocycles. The second-order valence-corrected chi connectivity index (χ2v) is 7.26. The predicted octanol–water partition coefficient (Wildman–Crippen LogP) is 2.34. The lowest BCUT2D eigenvalue weighted by atomic mass is 9.91. The van der Waals surface area contributed by atoms with Gasteiger partial charge in [0.05, 0.1) is 6.04 Å². The SMILES string of the molecule is CC(Cc1c[nH]c2ccccc12)(NC(=O)O)C(=O)NCC(NC=O)c1ccccc1. The second-order valence-electron chi connectivity index (χ2n) is 7.26. The smallest absolute Gasteiger partial charge is 0.405 e. The van der Waals surface area contributed by atoms with E-state index in [-0.39, 0.29) is 13.0 Å². The zero-order chi connectivity index (χ0) is 21.6. The average molecular weight is 408 g/mol. The predicted molar refractivity (Wildman–Crippen MR) is 113 cm³/mol. The number of benzene rings is 2. The van der Waals surface area contributed by atoms with Crippen molar-refractivity contribution in [1.29, 1.82) is 0 Å². The monoisotopic (exact) mass is 408 g/mol. The number of fused-ring (bicyclic) bond motifs is 1. The van der Waals surface area contributed by atoms with Crippen LogP contribution < -0.4 is 16.0 Å². The van der Waals surface area contributed by atoms with Crippen molar-refractivity contribution in [3.8, 4) is 0 Å². The molecule has 3 aromatic rings. The van der Waals surface area contributed by atoms with Crippen LogP contribution in [0.1, 0.15) is 24.1 Å². The van der Waals surface area contributed by atoms with Gasteiger partial charge in [0.1, 0.15) is 5.54 Å². The zero-order valence-corrected chi connectivity index (χ0v) is 16.5. The topological polar surface area (TPSA) is 123 Å². The lowest BCUT2D eigenvalue weighted by Crippen LogP contribution is -2.58. The standard InChI is InChI=1S/C22H24N4O4/c1-22(26-21(29)30,11-16-12-23-18-10-6-5-9-17(16)18)20(28)24-13-19(25-14-27)15-7-3-2-4-8-15/h2-10,12,14,19,23,26H,11,13H2,1H3,(H,24,28)(H,25,27)(H,29,30). The van der Waals surface area contributed by atoms with Gasteiger partial charge >= 0.3 is 6.09 Å². The van der Waals surface area contributed by atoms with Gasteiger partial charge in [-0.2, -0.15) is 0 Å². The third kappa shape index (κ3) is 4.78. The first-order valence-electron chi connectivity index (χ1n) is 9.52. The van der Waals surface area contributed by atoms with Gasteiger partial charge in [0.2, 0.25) is 12.3 Å². The van der Waals surface area contributed by atoms with Crippen LogP contribution >= 0.6 is 0 Å². The number of aromatic amines is 1. The summed E-state index contributed by atoms with van der Waals surface area (Å²) in [6.07, 6.45) is 1.22. The van der Waals surface area contributed by atoms with Gasteiger partial charge < -0.3 is 26.0 Å². The number of hydrogen-bond acceptors (Lipinski definition) is 3. The Labute approximate surface area is 173 Å². The van der Waals surface area contributed by atoms with Crippen LogP contribution in [-0.4, -0.2) is 40.6 Å². The first-order valence-corrected chi connectivity index (χ1v) is 9.52. The van der Waals surface area contributed by atoms with E-state index in [2.05, 4.69) is 20.9 Å². The first kappa shape index (κ1) is 20.9. The fraction of sp³-hybridized carbons (Fsp3) is 0.227. The molecule has 0 aliphatic heterocycles. The van der Waals surface area contributed by atoms with E-state index in [0.29, 0.717) is 6.41 Å². The lowest BCUT2D eigenvalue weighted by Gasteiger charge is -2.29. The number of nitrogens with one attached hydrogen (secondary N) is 4. The largest absolute Gasteiger partial charge is 0.465 e. The summed E-state index contributed by atoms with van der Waals surface area (Å²) in [5, 5.41) is 18.1. The summed E-state index contributed by atoms with van der Waals surface area (Å²) < 4.78 is 0. The normalized spacial score (nSPS) is 13.8. The van der Waals surface area contributed by atoms with Crippen molar-refractivity contribution in [3.05, 3.63) is 71.9 Å². The highest BCUT2D eigenvalue weighted by Gasteiger charge is 2.36. The van der Waals surface area contributed by atoms with E-state index in [1.165, 1.54) is 0 Å². The van der Waals surface area contributed by atoms with Crippen LogP contribution in [0.4, 0.5) is 4.79 Å². The maximum Gasteiger partial charge on any atom is 0.405 e. The molecule has 5 N–H and O–H groups in total. The van der Waals surface area contributed by atoms with E-state index in [9.17, 15) is 19.5 Å². The van der Waals surface area contributed by atoms with Crippen molar-refractivity contribution in [2.75, 3.05) is 6.54 Å². The molecule has 2 unspecified atom stereocenters. The third-order valence-electron chi connectivity index (χ3n) is 5.04. The van der Waals surface area contributed by atoms with E-state index in [1.807, 2.05) is 54.6 Å². The number of carbonyl (C=O) groups is 3. The van der Waals surface area contributed by atoms with E-state index in [4.69, 9.17) is 0 Å². The molecular formula is C22H24N4O4. The Balaban J connectivity index is 1.79. The Morgan fingerprint density at radius 1 is 1.13 bits per heavy atom. The minimum absolute atomic E-state index is 0.117. The molecule has 8 nitrogen and oxygen atoms in total. The molecule has 0 aliphatic carbocycles. The lowest BCUT2D eigenvalue weighted by molar-refractivity contribution is -0.127. The summed E-state index contributed by atoms with van der Waals surface area (Å²) in [5.74, 6) is -0.483. The number of rotatable bonds is 9. The number of carbonyl (C=O) groups excluding carboxylic acids is 2. The molecule has 1 heterocycles. The molecule has 2 atom stereocenters. The number of para-hydroxylation sites is 1. The van der Waals surface area contributed by atoms with Gasteiger partial charge in [-0.3, -0.25) is 9.59 Å². The first-order chi connectivity index (χ1) is 14.4. The molecule has 30 heavy (non-hydrogen) atoms. The molecule has 3 amide bonds. The van der Waals surface area contributed by atoms with Crippen molar-refractivity contribution >= 4 is 29.3 Å². The fourth-order valence-electron chi connectivity index (χ4n) is 3.51.